The van der Waals surface area contributed by atoms with Gasteiger partial charge in [-0.3, -0.25) is 9.48 Å². The van der Waals surface area contributed by atoms with Crippen LogP contribution >= 0.6 is 0 Å². The van der Waals surface area contributed by atoms with Crippen LogP contribution in [-0.2, 0) is 11.3 Å². The largest absolute Gasteiger partial charge is 0.497 e. The van der Waals surface area contributed by atoms with Crippen molar-refractivity contribution < 1.29 is 14.6 Å². The van der Waals surface area contributed by atoms with E-state index in [0.29, 0.717) is 0 Å². The Kier molecular flexibility index (Phi) is 5.39. The van der Waals surface area contributed by atoms with Gasteiger partial charge in [0.25, 0.3) is 0 Å². The highest BCUT2D eigenvalue weighted by Gasteiger charge is 2.22. The fourth-order valence-electron chi connectivity index (χ4n) is 2.53. The Balaban J connectivity index is 2.13. The van der Waals surface area contributed by atoms with Crippen LogP contribution in [0.2, 0.25) is 0 Å². The van der Waals surface area contributed by atoms with Crippen LogP contribution in [0.3, 0.4) is 0 Å². The van der Waals surface area contributed by atoms with E-state index in [0.717, 1.165) is 22.7 Å². The minimum atomic E-state index is -0.398. The number of ether oxygens (including phenoxy) is 1. The maximum atomic E-state index is 12.5. The van der Waals surface area contributed by atoms with E-state index in [4.69, 9.17) is 4.74 Å². The van der Waals surface area contributed by atoms with Gasteiger partial charge in [-0.1, -0.05) is 12.1 Å². The number of carbonyl (C=O) groups is 1. The molecule has 6 nitrogen and oxygen atoms in total. The minimum Gasteiger partial charge on any atom is -0.497 e. The molecule has 1 aromatic heterocycles. The first-order valence-electron chi connectivity index (χ1n) is 7.47. The molecular formula is C17H23N3O3. The van der Waals surface area contributed by atoms with E-state index >= 15 is 0 Å². The van der Waals surface area contributed by atoms with E-state index in [1.165, 1.54) is 0 Å². The van der Waals surface area contributed by atoms with E-state index in [1.807, 2.05) is 44.2 Å². The summed E-state index contributed by atoms with van der Waals surface area (Å²) < 4.78 is 6.81. The summed E-state index contributed by atoms with van der Waals surface area (Å²) in [5.74, 6) is 0.633. The maximum absolute atomic E-state index is 12.5. The summed E-state index contributed by atoms with van der Waals surface area (Å²) in [5.41, 5.74) is 2.68. The van der Waals surface area contributed by atoms with Crippen molar-refractivity contribution in [2.24, 2.45) is 0 Å². The summed E-state index contributed by atoms with van der Waals surface area (Å²) in [6, 6.07) is 8.87. The molecule has 23 heavy (non-hydrogen) atoms. The first-order valence-corrected chi connectivity index (χ1v) is 7.47. The van der Waals surface area contributed by atoms with Crippen molar-refractivity contribution in [1.82, 2.24) is 14.7 Å². The van der Waals surface area contributed by atoms with Crippen LogP contribution in [-0.4, -0.2) is 46.5 Å². The Morgan fingerprint density at radius 3 is 2.48 bits per heavy atom. The second-order valence-electron chi connectivity index (χ2n) is 5.56. The molecule has 0 fully saturated rings. The number of hydrogen-bond acceptors (Lipinski definition) is 4. The van der Waals surface area contributed by atoms with Gasteiger partial charge in [0.05, 0.1) is 25.5 Å². The normalized spacial score (nSPS) is 12.0. The monoisotopic (exact) mass is 317 g/mol. The number of likely N-dealkylation sites (N-methyl/N-ethyl adjacent to an activating group) is 1. The molecule has 2 aromatic rings. The number of methoxy groups -OCH3 is 1. The molecule has 0 bridgehead atoms. The van der Waals surface area contributed by atoms with Crippen LogP contribution in [0, 0.1) is 13.8 Å². The number of aromatic nitrogens is 2. The molecule has 124 valence electrons. The summed E-state index contributed by atoms with van der Waals surface area (Å²) >= 11 is 0. The molecule has 2 rings (SSSR count). The fraction of sp³-hybridized carbons (Fsp3) is 0.412. The van der Waals surface area contributed by atoms with E-state index < -0.39 is 6.04 Å². The zero-order chi connectivity index (χ0) is 17.0. The maximum Gasteiger partial charge on any atom is 0.244 e. The number of amides is 1. The molecule has 1 N–H and O–H groups in total. The van der Waals surface area contributed by atoms with Crippen LogP contribution in [0.4, 0.5) is 0 Å². The van der Waals surface area contributed by atoms with Gasteiger partial charge >= 0.3 is 0 Å². The Hall–Kier alpha value is -2.34. The first-order chi connectivity index (χ1) is 11.0. The lowest BCUT2D eigenvalue weighted by Crippen LogP contribution is -2.36. The minimum absolute atomic E-state index is 0.105. The number of aliphatic hydroxyl groups is 1. The molecular weight excluding hydrogens is 294 g/mol. The standard InChI is InChI=1S/C17H23N3O3/c1-12-9-13(2)20(18-12)10-17(22)19(3)16(11-21)14-5-7-15(23-4)8-6-14/h5-9,16,21H,10-11H2,1-4H3. The van der Waals surface area contributed by atoms with Gasteiger partial charge in [-0.2, -0.15) is 5.10 Å². The number of carbonyl (C=O) groups excluding carboxylic acids is 1. The predicted octanol–water partition coefficient (Wildman–Crippen LogP) is 1.70. The fourth-order valence-corrected chi connectivity index (χ4v) is 2.53. The van der Waals surface area contributed by atoms with Gasteiger partial charge in [-0.05, 0) is 37.6 Å². The molecule has 0 aliphatic heterocycles. The molecule has 6 heteroatoms. The van der Waals surface area contributed by atoms with Crippen molar-refractivity contribution in [2.45, 2.75) is 26.4 Å². The van der Waals surface area contributed by atoms with Crippen molar-refractivity contribution in [3.05, 3.63) is 47.3 Å². The van der Waals surface area contributed by atoms with E-state index in [-0.39, 0.29) is 19.1 Å². The summed E-state index contributed by atoms with van der Waals surface area (Å²) in [7, 11) is 3.29. The molecule has 1 unspecified atom stereocenters. The van der Waals surface area contributed by atoms with E-state index in [2.05, 4.69) is 5.10 Å². The first kappa shape index (κ1) is 17.0. The van der Waals surface area contributed by atoms with Crippen LogP contribution < -0.4 is 4.74 Å². The lowest BCUT2D eigenvalue weighted by Gasteiger charge is -2.27. The SMILES string of the molecule is COc1ccc(C(CO)N(C)C(=O)Cn2nc(C)cc2C)cc1. The molecule has 0 saturated carbocycles. The topological polar surface area (TPSA) is 67.6 Å². The second kappa shape index (κ2) is 7.28. The number of aliphatic hydroxyl groups excluding tert-OH is 1. The average molecular weight is 317 g/mol. The zero-order valence-corrected chi connectivity index (χ0v) is 14.0. The molecule has 0 aliphatic carbocycles. The Morgan fingerprint density at radius 2 is 2.00 bits per heavy atom. The highest BCUT2D eigenvalue weighted by molar-refractivity contribution is 5.76. The van der Waals surface area contributed by atoms with Crippen molar-refractivity contribution in [3.8, 4) is 5.75 Å². The lowest BCUT2D eigenvalue weighted by atomic mass is 10.1. The van der Waals surface area contributed by atoms with Crippen LogP contribution in [0.5, 0.6) is 5.75 Å². The van der Waals surface area contributed by atoms with Gasteiger partial charge in [-0.25, -0.2) is 0 Å². The molecule has 0 spiro atoms. The number of benzene rings is 1. The average Bonchev–Trinajstić information content (AvgIpc) is 2.86. The van der Waals surface area contributed by atoms with Crippen LogP contribution in [0.15, 0.2) is 30.3 Å². The van der Waals surface area contributed by atoms with Gasteiger partial charge in [0.2, 0.25) is 5.91 Å². The number of hydrogen-bond donors (Lipinski definition) is 1. The summed E-state index contributed by atoms with van der Waals surface area (Å²) in [4.78, 5) is 14.1. The van der Waals surface area contributed by atoms with Crippen LogP contribution in [0.25, 0.3) is 0 Å². The van der Waals surface area contributed by atoms with E-state index in [9.17, 15) is 9.90 Å². The third-order valence-electron chi connectivity index (χ3n) is 3.92. The molecule has 0 saturated heterocycles. The summed E-state index contributed by atoms with van der Waals surface area (Å²) in [6.07, 6.45) is 0. The van der Waals surface area contributed by atoms with Crippen molar-refractivity contribution in [2.75, 3.05) is 20.8 Å². The highest BCUT2D eigenvalue weighted by atomic mass is 16.5. The highest BCUT2D eigenvalue weighted by Crippen LogP contribution is 2.22. The van der Waals surface area contributed by atoms with Gasteiger partial charge in [0, 0.05) is 12.7 Å². The molecule has 0 radical (unpaired) electrons. The summed E-state index contributed by atoms with van der Waals surface area (Å²) in [5, 5.41) is 14.0. The van der Waals surface area contributed by atoms with Gasteiger partial charge < -0.3 is 14.7 Å². The molecule has 1 atom stereocenters. The van der Waals surface area contributed by atoms with Crippen molar-refractivity contribution in [1.29, 1.82) is 0 Å². The smallest absolute Gasteiger partial charge is 0.244 e. The molecule has 0 aliphatic rings. The van der Waals surface area contributed by atoms with Gasteiger partial charge in [0.1, 0.15) is 12.3 Å². The third kappa shape index (κ3) is 3.90. The van der Waals surface area contributed by atoms with Crippen molar-refractivity contribution in [3.63, 3.8) is 0 Å². The number of rotatable bonds is 6. The Morgan fingerprint density at radius 1 is 1.35 bits per heavy atom. The number of nitrogens with zero attached hydrogens (tertiary/aromatic N) is 3. The van der Waals surface area contributed by atoms with Crippen molar-refractivity contribution >= 4 is 5.91 Å². The lowest BCUT2D eigenvalue weighted by molar-refractivity contribution is -0.133. The summed E-state index contributed by atoms with van der Waals surface area (Å²) in [6.45, 7) is 3.82. The Bertz CT molecular complexity index is 664. The third-order valence-corrected chi connectivity index (χ3v) is 3.92. The van der Waals surface area contributed by atoms with Gasteiger partial charge in [0.15, 0.2) is 0 Å². The van der Waals surface area contributed by atoms with Gasteiger partial charge in [-0.15, -0.1) is 0 Å². The molecule has 1 amide bonds. The van der Waals surface area contributed by atoms with E-state index in [1.54, 1.807) is 23.7 Å². The second-order valence-corrected chi connectivity index (χ2v) is 5.56. The van der Waals surface area contributed by atoms with Crippen LogP contribution in [0.1, 0.15) is 23.0 Å². The molecule has 1 heterocycles. The predicted molar refractivity (Wildman–Crippen MR) is 87.3 cm³/mol. The molecule has 1 aromatic carbocycles. The Labute approximate surface area is 136 Å². The number of aryl methyl sites for hydroxylation is 2. The quantitative estimate of drug-likeness (QED) is 0.880. The zero-order valence-electron chi connectivity index (χ0n) is 14.0.